The van der Waals surface area contributed by atoms with Gasteiger partial charge < -0.3 is 24.4 Å². The second-order valence-corrected chi connectivity index (χ2v) is 7.53. The van der Waals surface area contributed by atoms with E-state index in [1.807, 2.05) is 29.6 Å². The van der Waals surface area contributed by atoms with Crippen LogP contribution in [0.3, 0.4) is 0 Å². The van der Waals surface area contributed by atoms with Crippen LogP contribution >= 0.6 is 11.3 Å². The van der Waals surface area contributed by atoms with Gasteiger partial charge in [0.2, 0.25) is 5.88 Å². The molecule has 0 aliphatic heterocycles. The summed E-state index contributed by atoms with van der Waals surface area (Å²) >= 11 is 1.58. The molecule has 0 fully saturated rings. The zero-order valence-electron chi connectivity index (χ0n) is 17.0. The molecule has 0 saturated carbocycles. The fourth-order valence-electron chi connectivity index (χ4n) is 3.10. The Morgan fingerprint density at radius 3 is 2.74 bits per heavy atom. The van der Waals surface area contributed by atoms with E-state index < -0.39 is 5.97 Å². The molecule has 0 unspecified atom stereocenters. The van der Waals surface area contributed by atoms with E-state index in [4.69, 9.17) is 24.4 Å². The maximum Gasteiger partial charge on any atom is 0.341 e. The molecule has 0 saturated heterocycles. The van der Waals surface area contributed by atoms with Gasteiger partial charge in [0.05, 0.1) is 37.3 Å². The van der Waals surface area contributed by atoms with Gasteiger partial charge in [0, 0.05) is 11.1 Å². The zero-order chi connectivity index (χ0) is 21.8. The molecule has 0 radical (unpaired) electrons. The van der Waals surface area contributed by atoms with Gasteiger partial charge in [-0.25, -0.2) is 9.78 Å². The molecule has 4 rings (SSSR count). The Kier molecular flexibility index (Phi) is 5.90. The largest absolute Gasteiger partial charge is 0.496 e. The highest BCUT2D eigenvalue weighted by molar-refractivity contribution is 7.13. The highest BCUT2D eigenvalue weighted by atomic mass is 32.1. The quantitative estimate of drug-likeness (QED) is 0.406. The van der Waals surface area contributed by atoms with Crippen molar-refractivity contribution < 1.29 is 23.4 Å². The van der Waals surface area contributed by atoms with E-state index >= 15 is 0 Å². The summed E-state index contributed by atoms with van der Waals surface area (Å²) in [6, 6.07) is 12.8. The number of ether oxygens (including phenoxy) is 3. The van der Waals surface area contributed by atoms with Crippen molar-refractivity contribution in [3.8, 4) is 33.3 Å². The summed E-state index contributed by atoms with van der Waals surface area (Å²) in [5.41, 5.74) is 10.3. The highest BCUT2D eigenvalue weighted by Gasteiger charge is 2.17. The molecule has 4 aromatic rings. The van der Waals surface area contributed by atoms with Gasteiger partial charge in [-0.1, -0.05) is 12.1 Å². The van der Waals surface area contributed by atoms with Crippen molar-refractivity contribution in [3.63, 3.8) is 0 Å². The molecule has 158 valence electrons. The zero-order valence-corrected chi connectivity index (χ0v) is 17.8. The van der Waals surface area contributed by atoms with Crippen LogP contribution in [0.5, 0.6) is 11.6 Å². The van der Waals surface area contributed by atoms with Crippen molar-refractivity contribution in [2.45, 2.75) is 6.61 Å². The van der Waals surface area contributed by atoms with Crippen molar-refractivity contribution in [1.29, 1.82) is 0 Å². The number of nitrogen functional groups attached to an aromatic ring is 1. The molecule has 31 heavy (non-hydrogen) atoms. The van der Waals surface area contributed by atoms with Crippen molar-refractivity contribution in [3.05, 3.63) is 71.5 Å². The van der Waals surface area contributed by atoms with Crippen molar-refractivity contribution >= 4 is 23.0 Å². The van der Waals surface area contributed by atoms with Gasteiger partial charge in [0.1, 0.15) is 23.6 Å². The number of methoxy groups -OCH3 is 2. The lowest BCUT2D eigenvalue weighted by Gasteiger charge is -2.14. The number of hydrogen-bond donors (Lipinski definition) is 1. The average Bonchev–Trinajstić information content (AvgIpc) is 3.52. The number of benzene rings is 1. The first-order valence-electron chi connectivity index (χ1n) is 9.35. The molecule has 1 aromatic carbocycles. The summed E-state index contributed by atoms with van der Waals surface area (Å²) in [5, 5.41) is 1.99. The third kappa shape index (κ3) is 4.24. The third-order valence-corrected chi connectivity index (χ3v) is 5.57. The number of carbonyl (C=O) groups excluding carboxylic acids is 1. The van der Waals surface area contributed by atoms with E-state index in [-0.39, 0.29) is 6.61 Å². The molecule has 0 bridgehead atoms. The minimum absolute atomic E-state index is 0.188. The van der Waals surface area contributed by atoms with E-state index in [2.05, 4.69) is 4.98 Å². The molecule has 2 N–H and O–H groups in total. The third-order valence-electron chi connectivity index (χ3n) is 4.68. The number of nitrogens with two attached hydrogens (primary N) is 1. The number of furan rings is 1. The number of nitrogens with zero attached hydrogens (tertiary/aromatic N) is 1. The van der Waals surface area contributed by atoms with Crippen LogP contribution < -0.4 is 15.2 Å². The molecule has 0 aliphatic carbocycles. The number of carbonyl (C=O) groups is 1. The number of aromatic nitrogens is 1. The van der Waals surface area contributed by atoms with Gasteiger partial charge >= 0.3 is 5.97 Å². The summed E-state index contributed by atoms with van der Waals surface area (Å²) in [7, 11) is 2.82. The van der Waals surface area contributed by atoms with Crippen LogP contribution in [-0.4, -0.2) is 25.2 Å². The molecule has 0 aliphatic rings. The Hall–Kier alpha value is -3.78. The number of thiophene rings is 1. The van der Waals surface area contributed by atoms with E-state index in [9.17, 15) is 4.79 Å². The lowest BCUT2D eigenvalue weighted by Crippen LogP contribution is -2.06. The van der Waals surface area contributed by atoms with Crippen molar-refractivity contribution in [2.24, 2.45) is 0 Å². The van der Waals surface area contributed by atoms with E-state index in [0.717, 1.165) is 27.3 Å². The van der Waals surface area contributed by atoms with E-state index in [0.29, 0.717) is 22.9 Å². The molecule has 0 spiro atoms. The molecule has 0 amide bonds. The molecule has 7 nitrogen and oxygen atoms in total. The van der Waals surface area contributed by atoms with E-state index in [1.165, 1.54) is 14.2 Å². The molecular weight excluding hydrogens is 416 g/mol. The smallest absolute Gasteiger partial charge is 0.341 e. The number of hydrogen-bond acceptors (Lipinski definition) is 8. The van der Waals surface area contributed by atoms with Gasteiger partial charge in [0.15, 0.2) is 0 Å². The first-order chi connectivity index (χ1) is 15.1. The summed E-state index contributed by atoms with van der Waals surface area (Å²) in [5.74, 6) is 0.252. The minimum atomic E-state index is -0.469. The lowest BCUT2D eigenvalue weighted by atomic mass is 10.1. The van der Waals surface area contributed by atoms with Gasteiger partial charge in [-0.05, 0) is 41.3 Å². The molecule has 0 atom stereocenters. The first kappa shape index (κ1) is 20.5. The maximum atomic E-state index is 11.9. The average molecular weight is 436 g/mol. The SMILES string of the molecule is COC(=O)c1ccc(COc2nc(-c3cccs3)cc(-c3ccoc3)c2N)cc1OC. The van der Waals surface area contributed by atoms with Crippen LogP contribution in [0.1, 0.15) is 15.9 Å². The Morgan fingerprint density at radius 2 is 2.06 bits per heavy atom. The standard InChI is InChI=1S/C23H20N2O5S/c1-27-19-10-14(5-6-16(19)23(26)28-2)12-30-22-21(24)17(15-7-8-29-13-15)11-18(25-22)20-4-3-9-31-20/h3-11,13H,12,24H2,1-2H3. The Morgan fingerprint density at radius 1 is 1.19 bits per heavy atom. The van der Waals surface area contributed by atoms with Crippen molar-refractivity contribution in [2.75, 3.05) is 20.0 Å². The number of anilines is 1. The predicted molar refractivity (Wildman–Crippen MR) is 118 cm³/mol. The van der Waals surface area contributed by atoms with Gasteiger partial charge in [-0.15, -0.1) is 11.3 Å². The Labute approximate surface area is 183 Å². The molecule has 3 aromatic heterocycles. The van der Waals surface area contributed by atoms with Crippen molar-refractivity contribution in [1.82, 2.24) is 4.98 Å². The number of esters is 1. The van der Waals surface area contributed by atoms with Gasteiger partial charge in [0.25, 0.3) is 0 Å². The Bertz CT molecular complexity index is 1190. The fraction of sp³-hybridized carbons (Fsp3) is 0.130. The second kappa shape index (κ2) is 8.93. The topological polar surface area (TPSA) is 96.8 Å². The maximum absolute atomic E-state index is 11.9. The van der Waals surface area contributed by atoms with Crippen LogP contribution in [0.15, 0.2) is 64.8 Å². The van der Waals surface area contributed by atoms with E-state index in [1.54, 1.807) is 42.1 Å². The first-order valence-corrected chi connectivity index (χ1v) is 10.2. The summed E-state index contributed by atoms with van der Waals surface area (Å²) < 4.78 is 21.3. The van der Waals surface area contributed by atoms with Gasteiger partial charge in [-0.2, -0.15) is 0 Å². The monoisotopic (exact) mass is 436 g/mol. The molecular formula is C23H20N2O5S. The summed E-state index contributed by atoms with van der Waals surface area (Å²) in [4.78, 5) is 17.5. The van der Waals surface area contributed by atoms with Gasteiger partial charge in [-0.3, -0.25) is 0 Å². The van der Waals surface area contributed by atoms with Crippen LogP contribution in [-0.2, 0) is 11.3 Å². The van der Waals surface area contributed by atoms with Crippen LogP contribution in [0.25, 0.3) is 21.7 Å². The molecule has 3 heterocycles. The summed E-state index contributed by atoms with van der Waals surface area (Å²) in [6.45, 7) is 0.188. The lowest BCUT2D eigenvalue weighted by molar-refractivity contribution is 0.0597. The molecule has 8 heteroatoms. The van der Waals surface area contributed by atoms with Crippen LogP contribution in [0.4, 0.5) is 5.69 Å². The van der Waals surface area contributed by atoms with Crippen LogP contribution in [0.2, 0.25) is 0 Å². The second-order valence-electron chi connectivity index (χ2n) is 6.58. The normalized spacial score (nSPS) is 10.6. The van der Waals surface area contributed by atoms with Crippen LogP contribution in [0, 0.1) is 0 Å². The number of pyridine rings is 1. The highest BCUT2D eigenvalue weighted by Crippen LogP contribution is 2.37. The number of rotatable bonds is 7. The fourth-order valence-corrected chi connectivity index (χ4v) is 3.79. The predicted octanol–water partition coefficient (Wildman–Crippen LogP) is 5.03. The Balaban J connectivity index is 1.66. The minimum Gasteiger partial charge on any atom is -0.496 e. The summed E-state index contributed by atoms with van der Waals surface area (Å²) in [6.07, 6.45) is 3.22.